The molecule has 1 aromatic carbocycles. The highest BCUT2D eigenvalue weighted by atomic mass is 32.2. The zero-order valence-electron chi connectivity index (χ0n) is 11.3. The molecule has 1 aromatic heterocycles. The topological polar surface area (TPSA) is 59.5 Å². The molecule has 118 valence electrons. The summed E-state index contributed by atoms with van der Waals surface area (Å²) in [6, 6.07) is 2.38. The molecule has 1 unspecified atom stereocenters. The smallest absolute Gasteiger partial charge is 0.273 e. The van der Waals surface area contributed by atoms with Gasteiger partial charge in [0.15, 0.2) is 0 Å². The van der Waals surface area contributed by atoms with Crippen LogP contribution in [0.5, 0.6) is 5.19 Å². The second-order valence-corrected chi connectivity index (χ2v) is 7.53. The van der Waals surface area contributed by atoms with Gasteiger partial charge in [-0.25, -0.2) is 22.2 Å². The maximum atomic E-state index is 13.7. The number of nitrogens with zero attached hydrogens (tertiary/aromatic N) is 2. The van der Waals surface area contributed by atoms with E-state index in [4.69, 9.17) is 4.74 Å². The number of hydrogen-bond donors (Lipinski definition) is 0. The van der Waals surface area contributed by atoms with Crippen LogP contribution in [0.2, 0.25) is 0 Å². The van der Waals surface area contributed by atoms with E-state index in [0.29, 0.717) is 17.7 Å². The van der Waals surface area contributed by atoms with E-state index in [-0.39, 0.29) is 19.2 Å². The Labute approximate surface area is 130 Å². The Balaban J connectivity index is 1.78. The number of aromatic nitrogens is 1. The van der Waals surface area contributed by atoms with Crippen molar-refractivity contribution in [3.63, 3.8) is 0 Å². The molecule has 1 aliphatic heterocycles. The van der Waals surface area contributed by atoms with Crippen molar-refractivity contribution in [2.24, 2.45) is 0 Å². The lowest BCUT2D eigenvalue weighted by Crippen LogP contribution is -2.31. The molecule has 0 bridgehead atoms. The summed E-state index contributed by atoms with van der Waals surface area (Å²) >= 11 is 1.31. The Kier molecular flexibility index (Phi) is 4.11. The Morgan fingerprint density at radius 3 is 2.91 bits per heavy atom. The average molecular weight is 346 g/mol. The standard InChI is InChI=1S/C13H12F2N2O3S2/c14-9-1-2-11(15)12(7-9)22(18,19)17-5-3-10(8-17)20-13-16-4-6-21-13/h1-2,4,6-7,10H,3,5,8H2. The first kappa shape index (κ1) is 15.3. The van der Waals surface area contributed by atoms with Crippen LogP contribution in [0.1, 0.15) is 6.42 Å². The highest BCUT2D eigenvalue weighted by molar-refractivity contribution is 7.89. The van der Waals surface area contributed by atoms with Crippen molar-refractivity contribution in [3.05, 3.63) is 41.4 Å². The van der Waals surface area contributed by atoms with Crippen LogP contribution in [0.4, 0.5) is 8.78 Å². The first-order valence-electron chi connectivity index (χ1n) is 6.48. The fourth-order valence-electron chi connectivity index (χ4n) is 2.24. The maximum Gasteiger partial charge on any atom is 0.273 e. The summed E-state index contributed by atoms with van der Waals surface area (Å²) in [6.07, 6.45) is 1.71. The first-order chi connectivity index (χ1) is 10.5. The predicted molar refractivity (Wildman–Crippen MR) is 76.3 cm³/mol. The van der Waals surface area contributed by atoms with E-state index in [2.05, 4.69) is 4.98 Å². The van der Waals surface area contributed by atoms with Crippen molar-refractivity contribution < 1.29 is 21.9 Å². The highest BCUT2D eigenvalue weighted by Gasteiger charge is 2.35. The molecule has 5 nitrogen and oxygen atoms in total. The molecule has 22 heavy (non-hydrogen) atoms. The SMILES string of the molecule is O=S(=O)(c1cc(F)ccc1F)N1CCC(Oc2nccs2)C1. The van der Waals surface area contributed by atoms with Gasteiger partial charge in [0.1, 0.15) is 22.6 Å². The molecule has 2 heterocycles. The van der Waals surface area contributed by atoms with Gasteiger partial charge in [-0.1, -0.05) is 11.3 Å². The zero-order valence-corrected chi connectivity index (χ0v) is 12.9. The van der Waals surface area contributed by atoms with E-state index in [9.17, 15) is 17.2 Å². The van der Waals surface area contributed by atoms with Gasteiger partial charge in [0.05, 0.1) is 6.54 Å². The van der Waals surface area contributed by atoms with Gasteiger partial charge in [0, 0.05) is 18.1 Å². The number of sulfonamides is 1. The summed E-state index contributed by atoms with van der Waals surface area (Å²) in [6.45, 7) is 0.270. The Hall–Kier alpha value is -1.58. The van der Waals surface area contributed by atoms with Crippen molar-refractivity contribution in [1.82, 2.24) is 9.29 Å². The molecule has 1 atom stereocenters. The first-order valence-corrected chi connectivity index (χ1v) is 8.80. The summed E-state index contributed by atoms with van der Waals surface area (Å²) < 4.78 is 58.4. The predicted octanol–water partition coefficient (Wildman–Crippen LogP) is 2.26. The number of halogens is 2. The number of rotatable bonds is 4. The molecule has 9 heteroatoms. The van der Waals surface area contributed by atoms with E-state index in [1.807, 2.05) is 0 Å². The molecule has 0 radical (unpaired) electrons. The van der Waals surface area contributed by atoms with E-state index >= 15 is 0 Å². The van der Waals surface area contributed by atoms with Gasteiger partial charge in [-0.05, 0) is 24.6 Å². The normalized spacial score (nSPS) is 19.5. The Morgan fingerprint density at radius 2 is 2.18 bits per heavy atom. The fraction of sp³-hybridized carbons (Fsp3) is 0.308. The molecule has 1 saturated heterocycles. The largest absolute Gasteiger partial charge is 0.465 e. The van der Waals surface area contributed by atoms with E-state index in [0.717, 1.165) is 16.4 Å². The van der Waals surface area contributed by atoms with Gasteiger partial charge >= 0.3 is 0 Å². The minimum atomic E-state index is -4.08. The van der Waals surface area contributed by atoms with Crippen LogP contribution in [-0.4, -0.2) is 36.9 Å². The van der Waals surface area contributed by atoms with Gasteiger partial charge in [-0.2, -0.15) is 4.31 Å². The lowest BCUT2D eigenvalue weighted by molar-refractivity contribution is 0.214. The van der Waals surface area contributed by atoms with Crippen molar-refractivity contribution in [3.8, 4) is 5.19 Å². The summed E-state index contributed by atoms with van der Waals surface area (Å²) in [7, 11) is -4.08. The molecule has 0 spiro atoms. The molecule has 1 fully saturated rings. The zero-order chi connectivity index (χ0) is 15.7. The van der Waals surface area contributed by atoms with Gasteiger partial charge in [0.25, 0.3) is 5.19 Å². The van der Waals surface area contributed by atoms with Crippen LogP contribution in [0.3, 0.4) is 0 Å². The number of ether oxygens (including phenoxy) is 1. The van der Waals surface area contributed by atoms with Crippen molar-refractivity contribution in [2.75, 3.05) is 13.1 Å². The quantitative estimate of drug-likeness (QED) is 0.852. The van der Waals surface area contributed by atoms with Gasteiger partial charge in [-0.3, -0.25) is 0 Å². The monoisotopic (exact) mass is 346 g/mol. The molecule has 2 aromatic rings. The molecule has 0 aliphatic carbocycles. The Morgan fingerprint density at radius 1 is 1.36 bits per heavy atom. The molecule has 0 amide bonds. The maximum absolute atomic E-state index is 13.7. The van der Waals surface area contributed by atoms with Crippen LogP contribution < -0.4 is 4.74 Å². The molecule has 1 aliphatic rings. The molecular formula is C13H12F2N2O3S2. The van der Waals surface area contributed by atoms with Gasteiger partial charge in [0.2, 0.25) is 10.0 Å². The third-order valence-corrected chi connectivity index (χ3v) is 5.84. The van der Waals surface area contributed by atoms with Crippen LogP contribution >= 0.6 is 11.3 Å². The van der Waals surface area contributed by atoms with E-state index in [1.54, 1.807) is 11.6 Å². The van der Waals surface area contributed by atoms with E-state index in [1.165, 1.54) is 11.3 Å². The molecule has 0 saturated carbocycles. The number of hydrogen-bond acceptors (Lipinski definition) is 5. The van der Waals surface area contributed by atoms with Crippen LogP contribution in [-0.2, 0) is 10.0 Å². The third kappa shape index (κ3) is 2.96. The highest BCUT2D eigenvalue weighted by Crippen LogP contribution is 2.26. The number of thiazole rings is 1. The lowest BCUT2D eigenvalue weighted by Gasteiger charge is -2.17. The molecule has 0 N–H and O–H groups in total. The van der Waals surface area contributed by atoms with Crippen LogP contribution in [0.25, 0.3) is 0 Å². The minimum absolute atomic E-state index is 0.0812. The summed E-state index contributed by atoms with van der Waals surface area (Å²) in [5.41, 5.74) is 0. The summed E-state index contributed by atoms with van der Waals surface area (Å²) in [5, 5.41) is 2.21. The fourth-order valence-corrected chi connectivity index (χ4v) is 4.35. The molecular weight excluding hydrogens is 334 g/mol. The second-order valence-electron chi connectivity index (χ2n) is 4.76. The minimum Gasteiger partial charge on any atom is -0.465 e. The van der Waals surface area contributed by atoms with E-state index < -0.39 is 26.6 Å². The lowest BCUT2D eigenvalue weighted by atomic mass is 10.3. The summed E-state index contributed by atoms with van der Waals surface area (Å²) in [5.74, 6) is -1.76. The Bertz CT molecular complexity index is 766. The van der Waals surface area contributed by atoms with Crippen LogP contribution in [0, 0.1) is 11.6 Å². The third-order valence-electron chi connectivity index (χ3n) is 3.30. The van der Waals surface area contributed by atoms with Crippen LogP contribution in [0.15, 0.2) is 34.7 Å². The second kappa shape index (κ2) is 5.90. The molecule has 3 rings (SSSR count). The van der Waals surface area contributed by atoms with Crippen molar-refractivity contribution >= 4 is 21.4 Å². The van der Waals surface area contributed by atoms with Gasteiger partial charge < -0.3 is 4.74 Å². The van der Waals surface area contributed by atoms with Gasteiger partial charge in [-0.15, -0.1) is 0 Å². The van der Waals surface area contributed by atoms with Crippen molar-refractivity contribution in [1.29, 1.82) is 0 Å². The average Bonchev–Trinajstić information content (AvgIpc) is 3.14. The summed E-state index contributed by atoms with van der Waals surface area (Å²) in [4.78, 5) is 3.32. The van der Waals surface area contributed by atoms with Crippen molar-refractivity contribution in [2.45, 2.75) is 17.4 Å². The number of benzene rings is 1.